The van der Waals surface area contributed by atoms with Gasteiger partial charge < -0.3 is 5.11 Å². The van der Waals surface area contributed by atoms with Crippen molar-refractivity contribution in [3.05, 3.63) is 42.5 Å². The lowest BCUT2D eigenvalue weighted by atomic mass is 10.1. The Labute approximate surface area is 117 Å². The van der Waals surface area contributed by atoms with Gasteiger partial charge in [0.1, 0.15) is 0 Å². The molecule has 0 saturated heterocycles. The van der Waals surface area contributed by atoms with Gasteiger partial charge in [-0.2, -0.15) is 0 Å². The SMILES string of the molecule is CC(CC(=O)O)NS(=O)(=O)c1ccc2ccccc2c1. The van der Waals surface area contributed by atoms with E-state index in [1.807, 2.05) is 24.3 Å². The molecule has 0 radical (unpaired) electrons. The first-order chi connectivity index (χ1) is 9.38. The molecule has 0 spiro atoms. The largest absolute Gasteiger partial charge is 0.481 e. The maximum absolute atomic E-state index is 12.2. The second-order valence-corrected chi connectivity index (χ2v) is 6.34. The molecule has 2 rings (SSSR count). The molecule has 2 N–H and O–H groups in total. The van der Waals surface area contributed by atoms with Crippen molar-refractivity contribution in [1.29, 1.82) is 0 Å². The summed E-state index contributed by atoms with van der Waals surface area (Å²) in [7, 11) is -3.71. The first-order valence-electron chi connectivity index (χ1n) is 6.11. The van der Waals surface area contributed by atoms with Crippen LogP contribution < -0.4 is 4.72 Å². The fourth-order valence-electron chi connectivity index (χ4n) is 1.97. The Balaban J connectivity index is 2.29. The van der Waals surface area contributed by atoms with Gasteiger partial charge in [0.05, 0.1) is 11.3 Å². The molecule has 0 heterocycles. The third kappa shape index (κ3) is 3.34. The summed E-state index contributed by atoms with van der Waals surface area (Å²) in [6.45, 7) is 1.52. The predicted octanol–water partition coefficient (Wildman–Crippen LogP) is 1.98. The maximum atomic E-state index is 12.2. The Morgan fingerprint density at radius 3 is 2.50 bits per heavy atom. The monoisotopic (exact) mass is 293 g/mol. The first kappa shape index (κ1) is 14.5. The van der Waals surface area contributed by atoms with Crippen LogP contribution in [0.25, 0.3) is 10.8 Å². The highest BCUT2D eigenvalue weighted by atomic mass is 32.2. The third-order valence-corrected chi connectivity index (χ3v) is 4.46. The third-order valence-electron chi connectivity index (χ3n) is 2.87. The first-order valence-corrected chi connectivity index (χ1v) is 7.60. The molecule has 5 nitrogen and oxygen atoms in total. The Morgan fingerprint density at radius 1 is 1.20 bits per heavy atom. The fourth-order valence-corrected chi connectivity index (χ4v) is 3.25. The van der Waals surface area contributed by atoms with Crippen molar-refractivity contribution in [2.75, 3.05) is 0 Å². The normalized spacial score (nSPS) is 13.2. The minimum Gasteiger partial charge on any atom is -0.481 e. The van der Waals surface area contributed by atoms with Crippen molar-refractivity contribution in [3.8, 4) is 0 Å². The van der Waals surface area contributed by atoms with Gasteiger partial charge in [0, 0.05) is 6.04 Å². The number of benzene rings is 2. The van der Waals surface area contributed by atoms with Crippen molar-refractivity contribution < 1.29 is 18.3 Å². The number of carbonyl (C=O) groups is 1. The molecule has 106 valence electrons. The molecule has 0 bridgehead atoms. The van der Waals surface area contributed by atoms with Gasteiger partial charge in [-0.1, -0.05) is 30.3 Å². The summed E-state index contributed by atoms with van der Waals surface area (Å²) in [5, 5.41) is 10.4. The topological polar surface area (TPSA) is 83.5 Å². The average Bonchev–Trinajstić information content (AvgIpc) is 2.36. The van der Waals surface area contributed by atoms with Crippen LogP contribution >= 0.6 is 0 Å². The van der Waals surface area contributed by atoms with Gasteiger partial charge in [-0.15, -0.1) is 0 Å². The summed E-state index contributed by atoms with van der Waals surface area (Å²) in [6, 6.07) is 11.6. The highest BCUT2D eigenvalue weighted by molar-refractivity contribution is 7.89. The van der Waals surface area contributed by atoms with E-state index >= 15 is 0 Å². The van der Waals surface area contributed by atoms with Gasteiger partial charge in [-0.05, 0) is 29.8 Å². The number of rotatable bonds is 5. The van der Waals surface area contributed by atoms with Gasteiger partial charge in [-0.3, -0.25) is 4.79 Å². The van der Waals surface area contributed by atoms with Crippen molar-refractivity contribution in [2.24, 2.45) is 0 Å². The molecule has 1 atom stereocenters. The van der Waals surface area contributed by atoms with Gasteiger partial charge in [0.15, 0.2) is 0 Å². The van der Waals surface area contributed by atoms with Crippen LogP contribution in [0.2, 0.25) is 0 Å². The zero-order valence-corrected chi connectivity index (χ0v) is 11.7. The van der Waals surface area contributed by atoms with Gasteiger partial charge in [0.2, 0.25) is 10.0 Å². The Morgan fingerprint density at radius 2 is 1.85 bits per heavy atom. The number of carboxylic acid groups (broad SMARTS) is 1. The molecule has 2 aromatic rings. The summed E-state index contributed by atoms with van der Waals surface area (Å²) in [5.74, 6) is -1.04. The molecule has 0 saturated carbocycles. The molecule has 0 amide bonds. The van der Waals surface area contributed by atoms with Crippen LogP contribution in [0, 0.1) is 0 Å². The van der Waals surface area contributed by atoms with Crippen molar-refractivity contribution in [3.63, 3.8) is 0 Å². The second-order valence-electron chi connectivity index (χ2n) is 4.63. The fraction of sp³-hybridized carbons (Fsp3) is 0.214. The molecule has 2 aromatic carbocycles. The molecule has 0 aliphatic carbocycles. The van der Waals surface area contributed by atoms with Crippen LogP contribution in [0.1, 0.15) is 13.3 Å². The van der Waals surface area contributed by atoms with E-state index in [4.69, 9.17) is 5.11 Å². The number of hydrogen-bond donors (Lipinski definition) is 2. The average molecular weight is 293 g/mol. The summed E-state index contributed by atoms with van der Waals surface area (Å²) < 4.78 is 26.7. The number of sulfonamides is 1. The van der Waals surface area contributed by atoms with Crippen LogP contribution in [0.3, 0.4) is 0 Å². The molecule has 1 unspecified atom stereocenters. The van der Waals surface area contributed by atoms with Gasteiger partial charge >= 0.3 is 5.97 Å². The number of fused-ring (bicyclic) bond motifs is 1. The lowest BCUT2D eigenvalue weighted by Crippen LogP contribution is -2.34. The summed E-state index contributed by atoms with van der Waals surface area (Å²) in [6.07, 6.45) is -0.257. The number of hydrogen-bond acceptors (Lipinski definition) is 3. The van der Waals surface area contributed by atoms with Crippen molar-refractivity contribution in [2.45, 2.75) is 24.3 Å². The van der Waals surface area contributed by atoms with E-state index < -0.39 is 22.0 Å². The smallest absolute Gasteiger partial charge is 0.304 e. The number of nitrogens with one attached hydrogen (secondary N) is 1. The van der Waals surface area contributed by atoms with E-state index in [1.165, 1.54) is 13.0 Å². The zero-order valence-electron chi connectivity index (χ0n) is 10.9. The van der Waals surface area contributed by atoms with E-state index in [-0.39, 0.29) is 11.3 Å². The van der Waals surface area contributed by atoms with E-state index in [0.717, 1.165) is 10.8 Å². The quantitative estimate of drug-likeness (QED) is 0.883. The lowest BCUT2D eigenvalue weighted by Gasteiger charge is -2.12. The highest BCUT2D eigenvalue weighted by Gasteiger charge is 2.19. The summed E-state index contributed by atoms with van der Waals surface area (Å²) in [4.78, 5) is 10.7. The lowest BCUT2D eigenvalue weighted by molar-refractivity contribution is -0.137. The molecule has 0 aliphatic rings. The molecular formula is C14H15NO4S. The zero-order chi connectivity index (χ0) is 14.8. The minimum absolute atomic E-state index is 0.133. The standard InChI is InChI=1S/C14H15NO4S/c1-10(8-14(16)17)15-20(18,19)13-7-6-11-4-2-3-5-12(11)9-13/h2-7,9-10,15H,8H2,1H3,(H,16,17). The van der Waals surface area contributed by atoms with Gasteiger partial charge in [-0.25, -0.2) is 13.1 Å². The minimum atomic E-state index is -3.71. The molecule has 0 aromatic heterocycles. The van der Waals surface area contributed by atoms with E-state index in [2.05, 4.69) is 4.72 Å². The number of aliphatic carboxylic acids is 1. The van der Waals surface area contributed by atoms with Crippen LogP contribution in [-0.4, -0.2) is 25.5 Å². The number of carboxylic acids is 1. The van der Waals surface area contributed by atoms with E-state index in [1.54, 1.807) is 12.1 Å². The van der Waals surface area contributed by atoms with Crippen LogP contribution in [0.5, 0.6) is 0 Å². The van der Waals surface area contributed by atoms with Crippen LogP contribution in [0.4, 0.5) is 0 Å². The van der Waals surface area contributed by atoms with Crippen LogP contribution in [0.15, 0.2) is 47.4 Å². The van der Waals surface area contributed by atoms with Crippen LogP contribution in [-0.2, 0) is 14.8 Å². The van der Waals surface area contributed by atoms with Crippen molar-refractivity contribution >= 4 is 26.8 Å². The molecule has 20 heavy (non-hydrogen) atoms. The molecule has 0 aliphatic heterocycles. The summed E-state index contributed by atoms with van der Waals surface area (Å²) in [5.41, 5.74) is 0. The van der Waals surface area contributed by atoms with Crippen molar-refractivity contribution in [1.82, 2.24) is 4.72 Å². The van der Waals surface area contributed by atoms with Gasteiger partial charge in [0.25, 0.3) is 0 Å². The van der Waals surface area contributed by atoms with E-state index in [0.29, 0.717) is 0 Å². The Hall–Kier alpha value is -1.92. The predicted molar refractivity (Wildman–Crippen MR) is 76.0 cm³/mol. The molecule has 6 heteroatoms. The van der Waals surface area contributed by atoms with E-state index in [9.17, 15) is 13.2 Å². The highest BCUT2D eigenvalue weighted by Crippen LogP contribution is 2.19. The maximum Gasteiger partial charge on any atom is 0.304 e. The Kier molecular flexibility index (Phi) is 4.06. The summed E-state index contributed by atoms with van der Waals surface area (Å²) >= 11 is 0. The molecular weight excluding hydrogens is 278 g/mol. The molecule has 0 fully saturated rings. The Bertz CT molecular complexity index is 740. The second kappa shape index (κ2) is 5.60.